The second-order valence-corrected chi connectivity index (χ2v) is 7.08. The van der Waals surface area contributed by atoms with Gasteiger partial charge in [-0.2, -0.15) is 0 Å². The number of likely N-dealkylation sites (N-methyl/N-ethyl adjacent to an activating group) is 1. The van der Waals surface area contributed by atoms with E-state index in [4.69, 9.17) is 4.74 Å². The minimum absolute atomic E-state index is 0.130. The van der Waals surface area contributed by atoms with E-state index in [1.165, 1.54) is 14.8 Å². The Morgan fingerprint density at radius 2 is 2.00 bits per heavy atom. The van der Waals surface area contributed by atoms with E-state index in [0.717, 1.165) is 5.71 Å². The minimum Gasteiger partial charge on any atom is -0.464 e. The number of amidine groups is 1. The average Bonchev–Trinajstić information content (AvgIpc) is 3.02. The van der Waals surface area contributed by atoms with E-state index in [-0.39, 0.29) is 31.6 Å². The van der Waals surface area contributed by atoms with Crippen LogP contribution in [0.15, 0.2) is 22.2 Å². The molecule has 1 saturated heterocycles. The Bertz CT molecular complexity index is 858. The number of aliphatic imine (C=N–C) groups is 1. The van der Waals surface area contributed by atoms with Gasteiger partial charge < -0.3 is 4.74 Å². The van der Waals surface area contributed by atoms with E-state index in [1.54, 1.807) is 25.5 Å². The third kappa shape index (κ3) is 3.08. The maximum Gasteiger partial charge on any atom is 0.417 e. The van der Waals surface area contributed by atoms with E-state index in [9.17, 15) is 14.4 Å². The molecule has 3 amide bonds. The molecule has 3 aliphatic rings. The fourth-order valence-corrected chi connectivity index (χ4v) is 3.43. The molecule has 0 radical (unpaired) electrons. The topological polar surface area (TPSA) is 97.9 Å². The number of fused-ring (bicyclic) bond motifs is 2. The summed E-state index contributed by atoms with van der Waals surface area (Å²) in [6.07, 6.45) is 0. The van der Waals surface area contributed by atoms with Gasteiger partial charge in [-0.1, -0.05) is 17.1 Å². The molecule has 3 heterocycles. The number of hydrazone groups is 1. The summed E-state index contributed by atoms with van der Waals surface area (Å²) in [5, 5.41) is 5.87. The van der Waals surface area contributed by atoms with Gasteiger partial charge in [0.1, 0.15) is 6.04 Å². The number of hydrogen-bond acceptors (Lipinski definition) is 7. The Hall–Kier alpha value is -3.04. The van der Waals surface area contributed by atoms with Gasteiger partial charge in [-0.3, -0.25) is 14.6 Å². The van der Waals surface area contributed by atoms with Gasteiger partial charge in [0.05, 0.1) is 18.9 Å². The van der Waals surface area contributed by atoms with Crippen LogP contribution in [0.25, 0.3) is 0 Å². The maximum absolute atomic E-state index is 13.2. The highest BCUT2D eigenvalue weighted by Crippen LogP contribution is 2.25. The number of amides is 3. The van der Waals surface area contributed by atoms with E-state index >= 15 is 0 Å². The molecule has 150 valence electrons. The molecule has 0 aromatic rings. The van der Waals surface area contributed by atoms with Crippen molar-refractivity contribution < 1.29 is 23.7 Å². The molecule has 0 saturated carbocycles. The van der Waals surface area contributed by atoms with Gasteiger partial charge in [0.15, 0.2) is 6.54 Å². The van der Waals surface area contributed by atoms with Gasteiger partial charge in [-0.15, -0.1) is 10.1 Å². The number of esters is 1. The maximum atomic E-state index is 13.2. The number of ether oxygens (including phenoxy) is 1. The van der Waals surface area contributed by atoms with Crippen molar-refractivity contribution in [3.05, 3.63) is 12.2 Å². The summed E-state index contributed by atoms with van der Waals surface area (Å²) in [4.78, 5) is 44.9. The summed E-state index contributed by atoms with van der Waals surface area (Å²) in [5.74, 6) is -0.127. The van der Waals surface area contributed by atoms with Crippen molar-refractivity contribution in [3.8, 4) is 0 Å². The molecule has 10 nitrogen and oxygen atoms in total. The van der Waals surface area contributed by atoms with Crippen molar-refractivity contribution in [3.63, 3.8) is 0 Å². The molecule has 0 bridgehead atoms. The largest absolute Gasteiger partial charge is 0.464 e. The van der Waals surface area contributed by atoms with E-state index in [0.29, 0.717) is 17.4 Å². The Kier molecular flexibility index (Phi) is 5.05. The Labute approximate surface area is 163 Å². The third-order valence-corrected chi connectivity index (χ3v) is 4.87. The van der Waals surface area contributed by atoms with Crippen molar-refractivity contribution in [2.75, 3.05) is 26.7 Å². The molecule has 10 heteroatoms. The average molecular weight is 389 g/mol. The van der Waals surface area contributed by atoms with E-state index < -0.39 is 18.0 Å². The van der Waals surface area contributed by atoms with Crippen molar-refractivity contribution >= 4 is 35.4 Å². The number of rotatable bonds is 5. The number of guanidine groups is 1. The number of hydrogen-bond donors (Lipinski definition) is 0. The van der Waals surface area contributed by atoms with Gasteiger partial charge in [-0.05, 0) is 27.7 Å². The molecule has 0 spiro atoms. The lowest BCUT2D eigenvalue weighted by Crippen LogP contribution is -2.64. The van der Waals surface area contributed by atoms with Crippen LogP contribution in [0.2, 0.25) is 0 Å². The molecule has 0 aromatic carbocycles. The highest BCUT2D eigenvalue weighted by atomic mass is 16.5. The van der Waals surface area contributed by atoms with Crippen molar-refractivity contribution in [1.29, 1.82) is 0 Å². The summed E-state index contributed by atoms with van der Waals surface area (Å²) in [5.41, 5.74) is 1.43. The quantitative estimate of drug-likeness (QED) is 0.381. The molecular weight excluding hydrogens is 364 g/mol. The standard InChI is InChI=1S/C18H25N6O4/c1-7-28-13(25)9-23-17-19-15-14(24(17)12(5)11(4)20-23)16(26)22(8-10(2)3)18(27)21(15)6/h12,14H,2,7-9H2,1,3-6H3/q+1. The molecule has 3 aliphatic heterocycles. The first-order valence-corrected chi connectivity index (χ1v) is 9.12. The molecule has 2 unspecified atom stereocenters. The van der Waals surface area contributed by atoms with Crippen LogP contribution in [0.5, 0.6) is 0 Å². The van der Waals surface area contributed by atoms with Gasteiger partial charge >= 0.3 is 18.0 Å². The molecule has 28 heavy (non-hydrogen) atoms. The number of urea groups is 1. The number of imide groups is 1. The number of nitrogens with zero attached hydrogens (tertiary/aromatic N) is 6. The van der Waals surface area contributed by atoms with E-state index in [2.05, 4.69) is 16.7 Å². The van der Waals surface area contributed by atoms with Crippen LogP contribution < -0.4 is 0 Å². The van der Waals surface area contributed by atoms with Crippen molar-refractivity contribution in [1.82, 2.24) is 14.8 Å². The molecule has 0 aliphatic carbocycles. The summed E-state index contributed by atoms with van der Waals surface area (Å²) < 4.78 is 6.81. The van der Waals surface area contributed by atoms with Crippen molar-refractivity contribution in [2.24, 2.45) is 10.1 Å². The minimum atomic E-state index is -0.762. The molecule has 2 atom stereocenters. The zero-order valence-electron chi connectivity index (χ0n) is 16.8. The first-order chi connectivity index (χ1) is 13.2. The van der Waals surface area contributed by atoms with Crippen molar-refractivity contribution in [2.45, 2.75) is 39.8 Å². The van der Waals surface area contributed by atoms with Crippen LogP contribution >= 0.6 is 0 Å². The monoisotopic (exact) mass is 389 g/mol. The van der Waals surface area contributed by atoms with Gasteiger partial charge in [0.25, 0.3) is 5.91 Å². The lowest BCUT2D eigenvalue weighted by atomic mass is 10.1. The highest BCUT2D eigenvalue weighted by Gasteiger charge is 2.56. The van der Waals surface area contributed by atoms with Crippen LogP contribution in [-0.2, 0) is 14.3 Å². The molecule has 0 N–H and O–H groups in total. The lowest BCUT2D eigenvalue weighted by molar-refractivity contribution is -0.559. The first-order valence-electron chi connectivity index (χ1n) is 9.12. The second kappa shape index (κ2) is 7.17. The van der Waals surface area contributed by atoms with Gasteiger partial charge in [0, 0.05) is 7.05 Å². The Morgan fingerprint density at radius 3 is 2.61 bits per heavy atom. The van der Waals surface area contributed by atoms with E-state index in [1.807, 2.05) is 13.8 Å². The summed E-state index contributed by atoms with van der Waals surface area (Å²) in [7, 11) is 1.58. The normalized spacial score (nSPS) is 24.1. The lowest BCUT2D eigenvalue weighted by Gasteiger charge is -2.35. The zero-order valence-corrected chi connectivity index (χ0v) is 16.8. The predicted octanol–water partition coefficient (Wildman–Crippen LogP) is 0.249. The van der Waals surface area contributed by atoms with Crippen LogP contribution in [0.4, 0.5) is 4.79 Å². The molecule has 3 rings (SSSR count). The number of carbonyl (C=O) groups excluding carboxylic acids is 3. The van der Waals surface area contributed by atoms with Crippen LogP contribution in [0.1, 0.15) is 27.7 Å². The first kappa shape index (κ1) is 19.7. The van der Waals surface area contributed by atoms with Gasteiger partial charge in [0.2, 0.25) is 11.9 Å². The Balaban J connectivity index is 2.02. The van der Waals surface area contributed by atoms with Crippen LogP contribution in [0.3, 0.4) is 0 Å². The Morgan fingerprint density at radius 1 is 1.32 bits per heavy atom. The molecular formula is C18H25N6O4+. The fourth-order valence-electron chi connectivity index (χ4n) is 3.43. The third-order valence-electron chi connectivity index (χ3n) is 4.87. The fraction of sp³-hybridized carbons (Fsp3) is 0.556. The smallest absolute Gasteiger partial charge is 0.417 e. The SMILES string of the molecule is C=C(C)CN1C(=O)C2C(=NC3=[N+]2C(C)C(C)=NN3CC(=O)OCC)N(C)C1=O. The number of carbonyl (C=O) groups is 3. The molecule has 0 aromatic heterocycles. The summed E-state index contributed by atoms with van der Waals surface area (Å²) >= 11 is 0. The second-order valence-electron chi connectivity index (χ2n) is 7.08. The molecule has 1 fully saturated rings. The van der Waals surface area contributed by atoms with Crippen LogP contribution in [0, 0.1) is 0 Å². The zero-order chi connectivity index (χ0) is 20.7. The summed E-state index contributed by atoms with van der Waals surface area (Å²) in [6, 6.07) is -1.44. The van der Waals surface area contributed by atoms with Gasteiger partial charge in [-0.25, -0.2) is 14.2 Å². The summed E-state index contributed by atoms with van der Waals surface area (Å²) in [6.45, 7) is 11.3. The predicted molar refractivity (Wildman–Crippen MR) is 102 cm³/mol. The highest BCUT2D eigenvalue weighted by molar-refractivity contribution is 6.23. The van der Waals surface area contributed by atoms with Crippen LogP contribution in [-0.4, -0.2) is 93.6 Å².